The summed E-state index contributed by atoms with van der Waals surface area (Å²) in [7, 11) is 0. The number of fused-ring (bicyclic) bond motifs is 1. The molecule has 0 spiro atoms. The van der Waals surface area contributed by atoms with E-state index in [1.165, 1.54) is 0 Å². The number of carbonyl (C=O) groups excluding carboxylic acids is 2. The molecule has 0 unspecified atom stereocenters. The molecule has 0 N–H and O–H groups in total. The highest BCUT2D eigenvalue weighted by Crippen LogP contribution is 2.23. The summed E-state index contributed by atoms with van der Waals surface area (Å²) in [5.74, 6) is -0.207. The maximum absolute atomic E-state index is 12.9. The Morgan fingerprint density at radius 1 is 1.08 bits per heavy atom. The lowest BCUT2D eigenvalue weighted by molar-refractivity contribution is -0.168. The van der Waals surface area contributed by atoms with Crippen LogP contribution in [0, 0.1) is 0 Å². The number of hydrogen-bond acceptors (Lipinski definition) is 7. The summed E-state index contributed by atoms with van der Waals surface area (Å²) in [6.07, 6.45) is 0. The maximum atomic E-state index is 12.9. The van der Waals surface area contributed by atoms with E-state index in [4.69, 9.17) is 9.47 Å². The van der Waals surface area contributed by atoms with Gasteiger partial charge in [0.25, 0.3) is 11.8 Å². The first-order chi connectivity index (χ1) is 12.6. The van der Waals surface area contributed by atoms with Gasteiger partial charge in [-0.25, -0.2) is 0 Å². The van der Waals surface area contributed by atoms with E-state index in [0.29, 0.717) is 50.5 Å². The Balaban J connectivity index is 1.51. The number of rotatable bonds is 2. The van der Waals surface area contributed by atoms with E-state index in [1.54, 1.807) is 34.9 Å². The first kappa shape index (κ1) is 17.3. The summed E-state index contributed by atoms with van der Waals surface area (Å²) in [6.45, 7) is 4.96. The molecule has 0 radical (unpaired) electrons. The standard InChI is InChI=1S/C17H20N4O4S/c1-17(16(23)20-4-7-24-8-5-20)11-21(6-9-25-17)15(22)12-2-3-13-14(10-12)19-26-18-13/h2-3,10H,4-9,11H2,1H3/t17-/m1/s1. The molecular weight excluding hydrogens is 356 g/mol. The highest BCUT2D eigenvalue weighted by atomic mass is 32.1. The van der Waals surface area contributed by atoms with Crippen LogP contribution < -0.4 is 0 Å². The number of amides is 2. The van der Waals surface area contributed by atoms with Gasteiger partial charge < -0.3 is 19.3 Å². The second-order valence-corrected chi connectivity index (χ2v) is 7.21. The van der Waals surface area contributed by atoms with Crippen LogP contribution in [0.3, 0.4) is 0 Å². The zero-order valence-corrected chi connectivity index (χ0v) is 15.3. The van der Waals surface area contributed by atoms with Crippen molar-refractivity contribution in [2.45, 2.75) is 12.5 Å². The van der Waals surface area contributed by atoms with Gasteiger partial charge in [-0.2, -0.15) is 8.75 Å². The average Bonchev–Trinajstić information content (AvgIpc) is 3.15. The molecule has 2 aliphatic rings. The van der Waals surface area contributed by atoms with Gasteiger partial charge in [-0.3, -0.25) is 9.59 Å². The number of carbonyl (C=O) groups is 2. The van der Waals surface area contributed by atoms with Crippen LogP contribution >= 0.6 is 11.7 Å². The second kappa shape index (κ2) is 6.90. The number of hydrogen-bond donors (Lipinski definition) is 0. The van der Waals surface area contributed by atoms with Crippen LogP contribution in [-0.2, 0) is 14.3 Å². The number of nitrogens with zero attached hydrogens (tertiary/aromatic N) is 4. The Kier molecular flexibility index (Phi) is 4.60. The monoisotopic (exact) mass is 376 g/mol. The van der Waals surface area contributed by atoms with E-state index >= 15 is 0 Å². The molecule has 2 saturated heterocycles. The van der Waals surface area contributed by atoms with Crippen molar-refractivity contribution >= 4 is 34.6 Å². The number of ether oxygens (including phenoxy) is 2. The Labute approximate surface area is 155 Å². The fourth-order valence-electron chi connectivity index (χ4n) is 3.37. The second-order valence-electron chi connectivity index (χ2n) is 6.68. The number of morpholine rings is 2. The molecule has 9 heteroatoms. The topological polar surface area (TPSA) is 84.9 Å². The fraction of sp³-hybridized carbons (Fsp3) is 0.529. The molecule has 1 aromatic carbocycles. The smallest absolute Gasteiger partial charge is 0.256 e. The van der Waals surface area contributed by atoms with E-state index in [2.05, 4.69) is 8.75 Å². The van der Waals surface area contributed by atoms with Crippen molar-refractivity contribution in [2.75, 3.05) is 46.0 Å². The normalized spacial score (nSPS) is 24.0. The van der Waals surface area contributed by atoms with Crippen molar-refractivity contribution in [2.24, 2.45) is 0 Å². The van der Waals surface area contributed by atoms with Crippen LogP contribution in [0.1, 0.15) is 17.3 Å². The zero-order chi connectivity index (χ0) is 18.1. The maximum Gasteiger partial charge on any atom is 0.256 e. The lowest BCUT2D eigenvalue weighted by Crippen LogP contribution is -2.61. The van der Waals surface area contributed by atoms with Crippen LogP contribution in [0.15, 0.2) is 18.2 Å². The summed E-state index contributed by atoms with van der Waals surface area (Å²) in [5, 5.41) is 0. The van der Waals surface area contributed by atoms with Gasteiger partial charge >= 0.3 is 0 Å². The molecule has 0 saturated carbocycles. The van der Waals surface area contributed by atoms with Gasteiger partial charge in [0.15, 0.2) is 5.60 Å². The molecule has 26 heavy (non-hydrogen) atoms. The molecule has 1 aromatic heterocycles. The minimum atomic E-state index is -1.03. The minimum absolute atomic E-state index is 0.0857. The Morgan fingerprint density at radius 2 is 1.81 bits per heavy atom. The molecule has 4 rings (SSSR count). The van der Waals surface area contributed by atoms with E-state index < -0.39 is 5.60 Å². The minimum Gasteiger partial charge on any atom is -0.378 e. The van der Waals surface area contributed by atoms with E-state index in [1.807, 2.05) is 0 Å². The SMILES string of the molecule is C[C@]1(C(=O)N2CCOCC2)CN(C(=O)c2ccc3nsnc3c2)CCO1. The number of benzene rings is 1. The van der Waals surface area contributed by atoms with E-state index in [9.17, 15) is 9.59 Å². The lowest BCUT2D eigenvalue weighted by Gasteiger charge is -2.42. The van der Waals surface area contributed by atoms with Crippen molar-refractivity contribution in [3.05, 3.63) is 23.8 Å². The van der Waals surface area contributed by atoms with Crippen molar-refractivity contribution in [1.82, 2.24) is 18.5 Å². The summed E-state index contributed by atoms with van der Waals surface area (Å²) < 4.78 is 19.5. The van der Waals surface area contributed by atoms with Crippen LogP contribution in [0.2, 0.25) is 0 Å². The highest BCUT2D eigenvalue weighted by Gasteiger charge is 2.43. The first-order valence-electron chi connectivity index (χ1n) is 8.59. The van der Waals surface area contributed by atoms with Gasteiger partial charge in [-0.15, -0.1) is 0 Å². The van der Waals surface area contributed by atoms with Gasteiger partial charge in [-0.1, -0.05) is 0 Å². The van der Waals surface area contributed by atoms with Crippen molar-refractivity contribution in [3.63, 3.8) is 0 Å². The molecule has 2 fully saturated rings. The lowest BCUT2D eigenvalue weighted by atomic mass is 10.0. The molecular formula is C17H20N4O4S. The number of aromatic nitrogens is 2. The van der Waals surface area contributed by atoms with Crippen LogP contribution in [0.4, 0.5) is 0 Å². The van der Waals surface area contributed by atoms with Crippen LogP contribution in [0.5, 0.6) is 0 Å². The molecule has 3 heterocycles. The van der Waals surface area contributed by atoms with Crippen LogP contribution in [0.25, 0.3) is 11.0 Å². The van der Waals surface area contributed by atoms with Crippen molar-refractivity contribution in [1.29, 1.82) is 0 Å². The van der Waals surface area contributed by atoms with E-state index in [0.717, 1.165) is 17.2 Å². The van der Waals surface area contributed by atoms with Crippen molar-refractivity contribution in [3.8, 4) is 0 Å². The average molecular weight is 376 g/mol. The first-order valence-corrected chi connectivity index (χ1v) is 9.32. The third kappa shape index (κ3) is 3.17. The molecule has 2 aromatic rings. The third-order valence-electron chi connectivity index (χ3n) is 4.81. The summed E-state index contributed by atoms with van der Waals surface area (Å²) >= 11 is 1.12. The van der Waals surface area contributed by atoms with Crippen LogP contribution in [-0.4, -0.2) is 82.0 Å². The van der Waals surface area contributed by atoms with Gasteiger partial charge in [-0.05, 0) is 25.1 Å². The molecule has 2 amide bonds. The highest BCUT2D eigenvalue weighted by molar-refractivity contribution is 7.00. The zero-order valence-electron chi connectivity index (χ0n) is 14.5. The van der Waals surface area contributed by atoms with Gasteiger partial charge in [0.05, 0.1) is 38.1 Å². The predicted molar refractivity (Wildman–Crippen MR) is 95.1 cm³/mol. The Morgan fingerprint density at radius 3 is 2.62 bits per heavy atom. The van der Waals surface area contributed by atoms with Gasteiger partial charge in [0, 0.05) is 25.2 Å². The molecule has 1 atom stereocenters. The van der Waals surface area contributed by atoms with Gasteiger partial charge in [0.1, 0.15) is 11.0 Å². The largest absolute Gasteiger partial charge is 0.378 e. The molecule has 2 aliphatic heterocycles. The molecule has 0 aliphatic carbocycles. The fourth-order valence-corrected chi connectivity index (χ4v) is 3.89. The van der Waals surface area contributed by atoms with Gasteiger partial charge in [0.2, 0.25) is 0 Å². The quantitative estimate of drug-likeness (QED) is 0.770. The summed E-state index contributed by atoms with van der Waals surface area (Å²) in [6, 6.07) is 5.30. The summed E-state index contributed by atoms with van der Waals surface area (Å²) in [4.78, 5) is 29.3. The van der Waals surface area contributed by atoms with E-state index in [-0.39, 0.29) is 18.4 Å². The van der Waals surface area contributed by atoms with Crippen molar-refractivity contribution < 1.29 is 19.1 Å². The molecule has 138 valence electrons. The Hall–Kier alpha value is -2.10. The molecule has 8 nitrogen and oxygen atoms in total. The summed E-state index contributed by atoms with van der Waals surface area (Å²) in [5.41, 5.74) is 1.01. The molecule has 0 bridgehead atoms. The predicted octanol–water partition coefficient (Wildman–Crippen LogP) is 0.781. The third-order valence-corrected chi connectivity index (χ3v) is 5.37. The Bertz CT molecular complexity index is 835.